The second kappa shape index (κ2) is 9.74. The van der Waals surface area contributed by atoms with E-state index in [4.69, 9.17) is 4.74 Å². The summed E-state index contributed by atoms with van der Waals surface area (Å²) in [6.45, 7) is 3.87. The van der Waals surface area contributed by atoms with E-state index in [0.29, 0.717) is 0 Å². The highest BCUT2D eigenvalue weighted by molar-refractivity contribution is 5.96. The van der Waals surface area contributed by atoms with Crippen molar-refractivity contribution in [3.8, 4) is 0 Å². The fourth-order valence-corrected chi connectivity index (χ4v) is 5.33. The molecule has 1 aliphatic heterocycles. The monoisotopic (exact) mass is 406 g/mol. The molecule has 29 heavy (non-hydrogen) atoms. The molecule has 0 radical (unpaired) electrons. The Hall–Kier alpha value is -1.89. The Morgan fingerprint density at radius 3 is 2.55 bits per heavy atom. The van der Waals surface area contributed by atoms with Crippen LogP contribution in [-0.2, 0) is 19.1 Å². The minimum Gasteiger partial charge on any atom is -0.466 e. The molecule has 1 saturated carbocycles. The number of allylic oxidation sites excluding steroid dienone is 1. The molecule has 3 aliphatic rings. The lowest BCUT2D eigenvalue weighted by Crippen LogP contribution is -2.51. The van der Waals surface area contributed by atoms with Gasteiger partial charge in [0.1, 0.15) is 6.04 Å². The van der Waals surface area contributed by atoms with E-state index >= 15 is 0 Å². The van der Waals surface area contributed by atoms with Crippen LogP contribution in [0.15, 0.2) is 12.2 Å². The van der Waals surface area contributed by atoms with Gasteiger partial charge in [0.05, 0.1) is 25.0 Å². The van der Waals surface area contributed by atoms with Gasteiger partial charge in [-0.25, -0.2) is 0 Å². The molecule has 2 amide bonds. The molecule has 0 bridgehead atoms. The van der Waals surface area contributed by atoms with Crippen molar-refractivity contribution in [2.24, 2.45) is 23.7 Å². The largest absolute Gasteiger partial charge is 0.466 e. The first-order chi connectivity index (χ1) is 14.0. The fourth-order valence-electron chi connectivity index (χ4n) is 5.33. The number of hydrogen-bond donors (Lipinski definition) is 2. The van der Waals surface area contributed by atoms with Crippen LogP contribution < -0.4 is 5.32 Å². The van der Waals surface area contributed by atoms with E-state index in [0.717, 1.165) is 32.1 Å². The summed E-state index contributed by atoms with van der Waals surface area (Å²) >= 11 is 0. The lowest BCUT2D eigenvalue weighted by Gasteiger charge is -2.34. The molecule has 0 aromatic rings. The van der Waals surface area contributed by atoms with Gasteiger partial charge in [0, 0.05) is 18.5 Å². The number of nitrogens with one attached hydrogen (secondary N) is 1. The summed E-state index contributed by atoms with van der Waals surface area (Å²) in [6.07, 6.45) is 9.94. The minimum absolute atomic E-state index is 0.0876. The Labute approximate surface area is 172 Å². The Morgan fingerprint density at radius 2 is 1.93 bits per heavy atom. The molecule has 2 fully saturated rings. The zero-order valence-corrected chi connectivity index (χ0v) is 17.5. The SMILES string of the molecule is CCOC(=O)[C@H]1[C@H]2C(=O)N(CCO)[C@H](C(=O)NC3CCCCC3)[C@H]2C=C[C@H]1CC. The number of aliphatic hydroxyl groups excluding tert-OH is 1. The first-order valence-electron chi connectivity index (χ1n) is 11.1. The van der Waals surface area contributed by atoms with Gasteiger partial charge in [0.15, 0.2) is 0 Å². The number of rotatable bonds is 7. The van der Waals surface area contributed by atoms with E-state index < -0.39 is 17.9 Å². The molecule has 0 spiro atoms. The van der Waals surface area contributed by atoms with Crippen LogP contribution in [0.1, 0.15) is 52.4 Å². The van der Waals surface area contributed by atoms with Gasteiger partial charge in [0.25, 0.3) is 0 Å². The number of aliphatic hydroxyl groups is 1. The van der Waals surface area contributed by atoms with Crippen LogP contribution in [0, 0.1) is 23.7 Å². The van der Waals surface area contributed by atoms with Crippen molar-refractivity contribution in [2.75, 3.05) is 19.8 Å². The molecule has 1 saturated heterocycles. The number of carbonyl (C=O) groups excluding carboxylic acids is 3. The number of likely N-dealkylation sites (tertiary alicyclic amines) is 1. The smallest absolute Gasteiger partial charge is 0.310 e. The van der Waals surface area contributed by atoms with Crippen molar-refractivity contribution in [3.05, 3.63) is 12.2 Å². The molecule has 0 unspecified atom stereocenters. The summed E-state index contributed by atoms with van der Waals surface area (Å²) in [4.78, 5) is 40.7. The van der Waals surface area contributed by atoms with Gasteiger partial charge in [-0.15, -0.1) is 0 Å². The van der Waals surface area contributed by atoms with Gasteiger partial charge in [-0.3, -0.25) is 14.4 Å². The second-order valence-electron chi connectivity index (χ2n) is 8.38. The average Bonchev–Trinajstić information content (AvgIpc) is 3.00. The highest BCUT2D eigenvalue weighted by Gasteiger charge is 2.57. The van der Waals surface area contributed by atoms with Gasteiger partial charge in [0.2, 0.25) is 11.8 Å². The van der Waals surface area contributed by atoms with E-state index in [9.17, 15) is 19.5 Å². The molecule has 7 heteroatoms. The summed E-state index contributed by atoms with van der Waals surface area (Å²) in [6, 6.07) is -0.550. The number of esters is 1. The van der Waals surface area contributed by atoms with Crippen LogP contribution >= 0.6 is 0 Å². The molecular formula is C22H34N2O5. The van der Waals surface area contributed by atoms with E-state index in [-0.39, 0.29) is 55.4 Å². The topological polar surface area (TPSA) is 95.9 Å². The van der Waals surface area contributed by atoms with Crippen LogP contribution in [0.4, 0.5) is 0 Å². The van der Waals surface area contributed by atoms with Crippen molar-refractivity contribution in [2.45, 2.75) is 64.5 Å². The third kappa shape index (κ3) is 4.34. The highest BCUT2D eigenvalue weighted by atomic mass is 16.5. The van der Waals surface area contributed by atoms with Crippen LogP contribution in [0.5, 0.6) is 0 Å². The predicted molar refractivity (Wildman–Crippen MR) is 108 cm³/mol. The van der Waals surface area contributed by atoms with Crippen LogP contribution in [0.2, 0.25) is 0 Å². The third-order valence-electron chi connectivity index (χ3n) is 6.70. The first kappa shape index (κ1) is 21.8. The molecule has 2 N–H and O–H groups in total. The molecule has 0 aromatic heterocycles. The molecule has 3 rings (SSSR count). The maximum atomic E-state index is 13.3. The van der Waals surface area contributed by atoms with Gasteiger partial charge < -0.3 is 20.1 Å². The lowest BCUT2D eigenvalue weighted by molar-refractivity contribution is -0.155. The Bertz CT molecular complexity index is 643. The lowest BCUT2D eigenvalue weighted by atomic mass is 9.69. The molecule has 5 atom stereocenters. The standard InChI is InChI=1S/C22H34N2O5/c1-3-14-10-11-16-18(17(14)22(28)29-4-2)21(27)24(12-13-25)19(16)20(26)23-15-8-6-5-7-9-15/h10-11,14-19,25H,3-9,12-13H2,1-2H3,(H,23,26)/t14-,16+,17-,18+,19+/m1/s1. The molecule has 162 valence electrons. The summed E-state index contributed by atoms with van der Waals surface area (Å²) < 4.78 is 5.29. The molecule has 1 heterocycles. The zero-order valence-electron chi connectivity index (χ0n) is 17.5. The fraction of sp³-hybridized carbons (Fsp3) is 0.773. The third-order valence-corrected chi connectivity index (χ3v) is 6.70. The van der Waals surface area contributed by atoms with Gasteiger partial charge in [-0.05, 0) is 32.1 Å². The van der Waals surface area contributed by atoms with E-state index in [1.54, 1.807) is 6.92 Å². The van der Waals surface area contributed by atoms with Crippen LogP contribution in [-0.4, -0.2) is 59.6 Å². The Balaban J connectivity index is 1.88. The van der Waals surface area contributed by atoms with Crippen molar-refractivity contribution in [1.82, 2.24) is 10.2 Å². The summed E-state index contributed by atoms with van der Waals surface area (Å²) in [5.41, 5.74) is 0. The van der Waals surface area contributed by atoms with Crippen molar-refractivity contribution < 1.29 is 24.2 Å². The summed E-state index contributed by atoms with van der Waals surface area (Å²) in [5.74, 6) is -2.44. The number of β-amino-alcohol motifs (C(OH)–C–C–N with tert-alkyl or cyclic N) is 1. The normalized spacial score (nSPS) is 32.2. The number of ether oxygens (including phenoxy) is 1. The van der Waals surface area contributed by atoms with Crippen LogP contribution in [0.25, 0.3) is 0 Å². The number of hydrogen-bond acceptors (Lipinski definition) is 5. The maximum absolute atomic E-state index is 13.3. The van der Waals surface area contributed by atoms with E-state index in [2.05, 4.69) is 5.32 Å². The number of nitrogens with zero attached hydrogens (tertiary/aromatic N) is 1. The number of fused-ring (bicyclic) bond motifs is 1. The average molecular weight is 407 g/mol. The molecule has 2 aliphatic carbocycles. The van der Waals surface area contributed by atoms with Crippen LogP contribution in [0.3, 0.4) is 0 Å². The summed E-state index contributed by atoms with van der Waals surface area (Å²) in [5, 5.41) is 12.7. The Morgan fingerprint density at radius 1 is 1.21 bits per heavy atom. The van der Waals surface area contributed by atoms with Gasteiger partial charge in [-0.2, -0.15) is 0 Å². The van der Waals surface area contributed by atoms with E-state index in [1.165, 1.54) is 11.3 Å². The zero-order chi connectivity index (χ0) is 21.0. The Kier molecular flexibility index (Phi) is 7.33. The van der Waals surface area contributed by atoms with E-state index in [1.807, 2.05) is 19.1 Å². The molecule has 7 nitrogen and oxygen atoms in total. The van der Waals surface area contributed by atoms with Gasteiger partial charge in [-0.1, -0.05) is 38.3 Å². The van der Waals surface area contributed by atoms with Crippen molar-refractivity contribution in [1.29, 1.82) is 0 Å². The maximum Gasteiger partial charge on any atom is 0.310 e. The first-order valence-corrected chi connectivity index (χ1v) is 11.1. The van der Waals surface area contributed by atoms with Crippen molar-refractivity contribution in [3.63, 3.8) is 0 Å². The number of amides is 2. The number of carbonyl (C=O) groups is 3. The molecule has 0 aromatic carbocycles. The second-order valence-corrected chi connectivity index (χ2v) is 8.38. The quantitative estimate of drug-likeness (QED) is 0.495. The predicted octanol–water partition coefficient (Wildman–Crippen LogP) is 1.65. The minimum atomic E-state index is -0.687. The van der Waals surface area contributed by atoms with Gasteiger partial charge >= 0.3 is 5.97 Å². The highest BCUT2D eigenvalue weighted by Crippen LogP contribution is 2.45. The van der Waals surface area contributed by atoms with Crippen molar-refractivity contribution >= 4 is 17.8 Å². The molecular weight excluding hydrogens is 372 g/mol. The summed E-state index contributed by atoms with van der Waals surface area (Å²) in [7, 11) is 0.